The highest BCUT2D eigenvalue weighted by Gasteiger charge is 2.36. The van der Waals surface area contributed by atoms with E-state index in [1.807, 2.05) is 61.0 Å². The van der Waals surface area contributed by atoms with Crippen LogP contribution < -0.4 is 15.5 Å². The number of halogens is 3. The molecule has 2 aromatic rings. The van der Waals surface area contributed by atoms with Crippen LogP contribution in [-0.4, -0.2) is 103 Å². The second-order valence-corrected chi connectivity index (χ2v) is 12.8. The summed E-state index contributed by atoms with van der Waals surface area (Å²) in [5.41, 5.74) is 1.47. The molecule has 1 atom stereocenters. The predicted octanol–water partition coefficient (Wildman–Crippen LogP) is 5.75. The van der Waals surface area contributed by atoms with Gasteiger partial charge in [0, 0.05) is 43.0 Å². The topological polar surface area (TPSA) is 107 Å². The highest BCUT2D eigenvalue weighted by molar-refractivity contribution is 5.94. The van der Waals surface area contributed by atoms with Crippen LogP contribution in [0.3, 0.4) is 0 Å². The number of carbonyl (C=O) groups excluding carboxylic acids is 2. The Hall–Kier alpha value is -4.69. The largest absolute Gasteiger partial charge is 0.433 e. The summed E-state index contributed by atoms with van der Waals surface area (Å²) in [7, 11) is 6.00. The molecule has 0 radical (unpaired) electrons. The van der Waals surface area contributed by atoms with Gasteiger partial charge in [0.15, 0.2) is 11.6 Å². The number of morpholine rings is 1. The highest BCUT2D eigenvalue weighted by Crippen LogP contribution is 2.34. The monoisotopic (exact) mass is 710 g/mol. The number of allylic oxidation sites excluding steroid dienone is 8. The van der Waals surface area contributed by atoms with E-state index in [0.717, 1.165) is 47.8 Å². The molecule has 4 heterocycles. The van der Waals surface area contributed by atoms with Crippen molar-refractivity contribution in [3.8, 4) is 0 Å². The second kappa shape index (κ2) is 18.5. The van der Waals surface area contributed by atoms with Gasteiger partial charge in [0.2, 0.25) is 5.91 Å². The fourth-order valence-electron chi connectivity index (χ4n) is 5.75. The number of aromatic nitrogens is 3. The molecule has 4 aliphatic rings. The van der Waals surface area contributed by atoms with Gasteiger partial charge in [-0.3, -0.25) is 4.79 Å². The average Bonchev–Trinajstić information content (AvgIpc) is 3.80. The molecule has 0 spiro atoms. The van der Waals surface area contributed by atoms with Crippen LogP contribution in [0.25, 0.3) is 11.1 Å². The maximum absolute atomic E-state index is 13.7. The van der Waals surface area contributed by atoms with E-state index in [-0.39, 0.29) is 29.3 Å². The van der Waals surface area contributed by atoms with Gasteiger partial charge in [-0.25, -0.2) is 14.3 Å². The summed E-state index contributed by atoms with van der Waals surface area (Å²) < 4.78 is 47.6. The molecule has 0 aromatic carbocycles. The minimum atomic E-state index is -4.58. The van der Waals surface area contributed by atoms with Gasteiger partial charge in [-0.1, -0.05) is 49.1 Å². The molecule has 2 fully saturated rings. The van der Waals surface area contributed by atoms with Gasteiger partial charge < -0.3 is 30.1 Å². The predicted molar refractivity (Wildman–Crippen MR) is 194 cm³/mol. The molecule has 2 aliphatic carbocycles. The molecule has 11 nitrogen and oxygen atoms in total. The Morgan fingerprint density at radius 3 is 2.31 bits per heavy atom. The fraction of sp³-hybridized carbons (Fsp3) is 0.459. The van der Waals surface area contributed by atoms with E-state index in [9.17, 15) is 22.8 Å². The Kier molecular flexibility index (Phi) is 14.2. The minimum Gasteiger partial charge on any atom is -0.378 e. The number of nitrogens with one attached hydrogen (secondary N) is 2. The molecule has 51 heavy (non-hydrogen) atoms. The molecule has 14 heteroatoms. The van der Waals surface area contributed by atoms with E-state index < -0.39 is 11.9 Å². The number of carbonyl (C=O) groups is 2. The molecule has 2 saturated heterocycles. The third-order valence-electron chi connectivity index (χ3n) is 8.19. The summed E-state index contributed by atoms with van der Waals surface area (Å²) in [4.78, 5) is 35.7. The lowest BCUT2D eigenvalue weighted by atomic mass is 10.0. The third kappa shape index (κ3) is 11.1. The summed E-state index contributed by atoms with van der Waals surface area (Å²) in [6.07, 6.45) is 13.5. The molecule has 3 amide bonds. The van der Waals surface area contributed by atoms with E-state index >= 15 is 0 Å². The summed E-state index contributed by atoms with van der Waals surface area (Å²) >= 11 is 0. The zero-order valence-corrected chi connectivity index (χ0v) is 29.9. The quantitative estimate of drug-likeness (QED) is 0.368. The molecular weight excluding hydrogens is 661 g/mol. The molecule has 2 N–H and O–H groups in total. The number of amides is 3. The number of hydrogen-bond acceptors (Lipinski definition) is 7. The number of rotatable bonds is 6. The average molecular weight is 711 g/mol. The third-order valence-corrected chi connectivity index (χ3v) is 8.19. The zero-order valence-electron chi connectivity index (χ0n) is 29.9. The Bertz CT molecular complexity index is 1670. The van der Waals surface area contributed by atoms with Gasteiger partial charge in [0.05, 0.1) is 19.3 Å². The number of ether oxygens (including phenoxy) is 1. The Balaban J connectivity index is 0.000000580. The molecule has 0 bridgehead atoms. The molecule has 2 aromatic heterocycles. The number of fused-ring (bicyclic) bond motifs is 1. The molecule has 0 saturated carbocycles. The van der Waals surface area contributed by atoms with Gasteiger partial charge in [-0.05, 0) is 78.4 Å². The number of nitrogens with zero attached hydrogens (tertiary/aromatic N) is 6. The lowest BCUT2D eigenvalue weighted by Gasteiger charge is -2.28. The fourth-order valence-corrected chi connectivity index (χ4v) is 5.75. The van der Waals surface area contributed by atoms with Crippen molar-refractivity contribution in [2.24, 2.45) is 0 Å². The lowest BCUT2D eigenvalue weighted by molar-refractivity contribution is -0.142. The van der Waals surface area contributed by atoms with E-state index in [4.69, 9.17) is 4.74 Å². The molecule has 1 unspecified atom stereocenters. The Morgan fingerprint density at radius 1 is 1.06 bits per heavy atom. The van der Waals surface area contributed by atoms with Crippen molar-refractivity contribution in [1.82, 2.24) is 35.0 Å². The first kappa shape index (κ1) is 39.1. The van der Waals surface area contributed by atoms with Crippen LogP contribution >= 0.6 is 0 Å². The summed E-state index contributed by atoms with van der Waals surface area (Å²) in [6.45, 7) is 8.97. The van der Waals surface area contributed by atoms with Gasteiger partial charge in [-0.2, -0.15) is 13.2 Å². The van der Waals surface area contributed by atoms with Crippen LogP contribution in [0.4, 0.5) is 23.8 Å². The van der Waals surface area contributed by atoms with Crippen molar-refractivity contribution in [3.63, 3.8) is 0 Å². The first-order valence-corrected chi connectivity index (χ1v) is 17.2. The number of urea groups is 1. The van der Waals surface area contributed by atoms with Crippen molar-refractivity contribution < 1.29 is 27.5 Å². The molecule has 2 aliphatic heterocycles. The van der Waals surface area contributed by atoms with Gasteiger partial charge >= 0.3 is 12.2 Å². The normalized spacial score (nSPS) is 19.1. The standard InChI is InChI=1S/C29H32F3N7O3.C5H8.C3H9N/c30-29(31,32)24-12-11-23-26(37-15-17-42-18-16-37)35-25(36-39(23)24)19-3-7-21(8-4-19)33-28(41)34-22-9-5-20(6-10-22)27(40)38-13-1-2-14-38;1-3-5-4-2;1-4(2)3/h3-5,7,9,11-12,21H,1-2,6,8,10,13-18H2,(H2,33,34,41);3-5H,1H2,2H3;1-3H3/b;5-4-;. The van der Waals surface area contributed by atoms with Gasteiger partial charge in [-0.15, -0.1) is 5.10 Å². The first-order valence-electron chi connectivity index (χ1n) is 17.2. The number of anilines is 1. The van der Waals surface area contributed by atoms with Crippen molar-refractivity contribution in [3.05, 3.63) is 90.1 Å². The van der Waals surface area contributed by atoms with Crippen LogP contribution in [0, 0.1) is 0 Å². The van der Waals surface area contributed by atoms with Gasteiger partial charge in [0.1, 0.15) is 11.2 Å². The zero-order chi connectivity index (χ0) is 37.0. The van der Waals surface area contributed by atoms with Crippen molar-refractivity contribution in [1.29, 1.82) is 0 Å². The molecule has 276 valence electrons. The van der Waals surface area contributed by atoms with Crippen LogP contribution in [0.5, 0.6) is 0 Å². The van der Waals surface area contributed by atoms with E-state index in [1.54, 1.807) is 30.4 Å². The van der Waals surface area contributed by atoms with Crippen LogP contribution in [0.2, 0.25) is 0 Å². The van der Waals surface area contributed by atoms with Gasteiger partial charge in [0.25, 0.3) is 0 Å². The highest BCUT2D eigenvalue weighted by atomic mass is 19.4. The summed E-state index contributed by atoms with van der Waals surface area (Å²) in [5.74, 6) is 0.671. The number of likely N-dealkylation sites (tertiary alicyclic amines) is 1. The lowest BCUT2D eigenvalue weighted by Crippen LogP contribution is -2.41. The number of alkyl halides is 3. The Labute approximate surface area is 297 Å². The van der Waals surface area contributed by atoms with Crippen LogP contribution in [0.15, 0.2) is 78.6 Å². The maximum atomic E-state index is 13.7. The van der Waals surface area contributed by atoms with E-state index in [1.165, 1.54) is 6.07 Å². The Morgan fingerprint density at radius 2 is 1.76 bits per heavy atom. The summed E-state index contributed by atoms with van der Waals surface area (Å²) in [5, 5.41) is 10.0. The number of hydrogen-bond donors (Lipinski definition) is 2. The molecular formula is C37H49F3N8O3. The maximum Gasteiger partial charge on any atom is 0.433 e. The smallest absolute Gasteiger partial charge is 0.378 e. The second-order valence-electron chi connectivity index (χ2n) is 12.8. The minimum absolute atomic E-state index is 0.0776. The summed E-state index contributed by atoms with van der Waals surface area (Å²) in [6, 6.07) is 1.72. The van der Waals surface area contributed by atoms with Crippen LogP contribution in [-0.2, 0) is 15.7 Å². The van der Waals surface area contributed by atoms with Crippen molar-refractivity contribution in [2.75, 3.05) is 65.4 Å². The van der Waals surface area contributed by atoms with Crippen molar-refractivity contribution in [2.45, 2.75) is 51.2 Å². The SMILES string of the molecule is C=C/C=C\C.CN(C)C.O=C(NC1=CC=C(C(=O)N2CCCC2)CC1)NC1C=CC(c2nc(N3CCOCC3)c3ccc(C(F)(F)F)n3n2)=CC1. The molecule has 6 rings (SSSR count). The van der Waals surface area contributed by atoms with E-state index in [0.29, 0.717) is 57.0 Å². The van der Waals surface area contributed by atoms with Crippen molar-refractivity contribution >= 4 is 28.8 Å². The first-order chi connectivity index (χ1) is 24.4. The van der Waals surface area contributed by atoms with E-state index in [2.05, 4.69) is 27.3 Å². The van der Waals surface area contributed by atoms with Crippen LogP contribution in [0.1, 0.15) is 50.5 Å².